The number of nitrogens with one attached hydrogen (secondary N) is 2. The molecule has 0 aliphatic rings. The van der Waals surface area contributed by atoms with E-state index in [0.717, 1.165) is 30.8 Å². The molecule has 22 heavy (non-hydrogen) atoms. The van der Waals surface area contributed by atoms with Gasteiger partial charge in [0.25, 0.3) is 5.91 Å². The second kappa shape index (κ2) is 9.23. The summed E-state index contributed by atoms with van der Waals surface area (Å²) in [6, 6.07) is 15.6. The molecule has 0 aromatic heterocycles. The molecular formula is C18H23ClN2O. The Morgan fingerprint density at radius 3 is 2.32 bits per heavy atom. The fourth-order valence-corrected chi connectivity index (χ4v) is 2.14. The van der Waals surface area contributed by atoms with E-state index in [2.05, 4.69) is 24.5 Å². The van der Waals surface area contributed by atoms with Gasteiger partial charge in [-0.25, -0.2) is 0 Å². The van der Waals surface area contributed by atoms with Gasteiger partial charge >= 0.3 is 0 Å². The predicted octanol–water partition coefficient (Wildman–Crippen LogP) is 4.03. The largest absolute Gasteiger partial charge is 0.322 e. The molecule has 0 atom stereocenters. The number of rotatable bonds is 6. The number of halogens is 1. The maximum Gasteiger partial charge on any atom is 0.255 e. The fourth-order valence-electron chi connectivity index (χ4n) is 2.14. The Hall–Kier alpha value is -1.84. The number of hydrogen-bond acceptors (Lipinski definition) is 2. The summed E-state index contributed by atoms with van der Waals surface area (Å²) in [4.78, 5) is 12.3. The van der Waals surface area contributed by atoms with Gasteiger partial charge in [-0.05, 0) is 42.3 Å². The van der Waals surface area contributed by atoms with Crippen molar-refractivity contribution in [3.05, 3.63) is 65.2 Å². The van der Waals surface area contributed by atoms with Crippen molar-refractivity contribution >= 4 is 24.0 Å². The summed E-state index contributed by atoms with van der Waals surface area (Å²) in [5.74, 6) is -0.0680. The van der Waals surface area contributed by atoms with Crippen LogP contribution in [0.3, 0.4) is 0 Å². The lowest BCUT2D eigenvalue weighted by molar-refractivity contribution is 0.102. The molecule has 0 bridgehead atoms. The number of amides is 1. The number of benzene rings is 2. The van der Waals surface area contributed by atoms with E-state index >= 15 is 0 Å². The van der Waals surface area contributed by atoms with Crippen LogP contribution in [0.15, 0.2) is 48.5 Å². The first-order chi connectivity index (χ1) is 10.2. The molecule has 0 aliphatic heterocycles. The highest BCUT2D eigenvalue weighted by atomic mass is 35.5. The van der Waals surface area contributed by atoms with E-state index in [0.29, 0.717) is 5.56 Å². The molecule has 4 heteroatoms. The van der Waals surface area contributed by atoms with Crippen LogP contribution >= 0.6 is 12.4 Å². The van der Waals surface area contributed by atoms with Gasteiger partial charge in [0.2, 0.25) is 0 Å². The lowest BCUT2D eigenvalue weighted by atomic mass is 10.1. The number of anilines is 1. The Labute approximate surface area is 138 Å². The Morgan fingerprint density at radius 1 is 1.00 bits per heavy atom. The molecule has 2 rings (SSSR count). The Morgan fingerprint density at radius 2 is 1.68 bits per heavy atom. The van der Waals surface area contributed by atoms with Crippen LogP contribution in [-0.2, 0) is 13.0 Å². The Bertz CT molecular complexity index is 596. The van der Waals surface area contributed by atoms with E-state index < -0.39 is 0 Å². The molecule has 2 aromatic rings. The molecule has 118 valence electrons. The van der Waals surface area contributed by atoms with Gasteiger partial charge in [0.1, 0.15) is 0 Å². The molecule has 2 N–H and O–H groups in total. The van der Waals surface area contributed by atoms with Crippen LogP contribution in [0.5, 0.6) is 0 Å². The van der Waals surface area contributed by atoms with Crippen LogP contribution in [0.1, 0.15) is 35.3 Å². The minimum Gasteiger partial charge on any atom is -0.322 e. The van der Waals surface area contributed by atoms with E-state index in [9.17, 15) is 4.79 Å². The molecule has 0 heterocycles. The second-order valence-electron chi connectivity index (χ2n) is 4.94. The van der Waals surface area contributed by atoms with Crippen molar-refractivity contribution in [2.45, 2.75) is 26.8 Å². The van der Waals surface area contributed by atoms with Crippen molar-refractivity contribution in [3.8, 4) is 0 Å². The summed E-state index contributed by atoms with van der Waals surface area (Å²) < 4.78 is 0. The van der Waals surface area contributed by atoms with E-state index in [1.807, 2.05) is 48.5 Å². The molecule has 0 aliphatic carbocycles. The molecule has 0 unspecified atom stereocenters. The summed E-state index contributed by atoms with van der Waals surface area (Å²) in [6.45, 7) is 5.82. The number of carbonyl (C=O) groups is 1. The van der Waals surface area contributed by atoms with Gasteiger partial charge in [0.05, 0.1) is 0 Å². The predicted molar refractivity (Wildman–Crippen MR) is 94.8 cm³/mol. The van der Waals surface area contributed by atoms with Gasteiger partial charge in [-0.3, -0.25) is 4.79 Å². The third kappa shape index (κ3) is 4.86. The first kappa shape index (κ1) is 18.2. The van der Waals surface area contributed by atoms with Crippen LogP contribution in [0.4, 0.5) is 5.69 Å². The van der Waals surface area contributed by atoms with Crippen molar-refractivity contribution in [2.75, 3.05) is 11.9 Å². The van der Waals surface area contributed by atoms with Crippen molar-refractivity contribution < 1.29 is 4.79 Å². The summed E-state index contributed by atoms with van der Waals surface area (Å²) in [6.07, 6.45) is 0.980. The van der Waals surface area contributed by atoms with Crippen molar-refractivity contribution in [1.82, 2.24) is 5.32 Å². The first-order valence-electron chi connectivity index (χ1n) is 7.43. The van der Waals surface area contributed by atoms with Gasteiger partial charge in [-0.15, -0.1) is 12.4 Å². The van der Waals surface area contributed by atoms with Gasteiger partial charge in [0.15, 0.2) is 0 Å². The molecule has 2 aromatic carbocycles. The fraction of sp³-hybridized carbons (Fsp3) is 0.278. The smallest absolute Gasteiger partial charge is 0.255 e. The quantitative estimate of drug-likeness (QED) is 0.844. The molecule has 0 spiro atoms. The molecule has 3 nitrogen and oxygen atoms in total. The standard InChI is InChI=1S/C18H22N2O.ClH/c1-3-14-9-11-15(12-10-14)18(21)20-17-8-6-5-7-16(17)13-19-4-2;/h5-12,19H,3-4,13H2,1-2H3,(H,20,21);1H. The van der Waals surface area contributed by atoms with Crippen LogP contribution < -0.4 is 10.6 Å². The zero-order valence-electron chi connectivity index (χ0n) is 13.1. The zero-order chi connectivity index (χ0) is 15.1. The molecule has 0 radical (unpaired) electrons. The van der Waals surface area contributed by atoms with E-state index in [-0.39, 0.29) is 18.3 Å². The molecule has 0 saturated carbocycles. The Kier molecular flexibility index (Phi) is 7.64. The SMILES string of the molecule is CCNCc1ccccc1NC(=O)c1ccc(CC)cc1.Cl. The third-order valence-corrected chi connectivity index (χ3v) is 3.46. The van der Waals surface area contributed by atoms with E-state index in [1.54, 1.807) is 0 Å². The first-order valence-corrected chi connectivity index (χ1v) is 7.43. The summed E-state index contributed by atoms with van der Waals surface area (Å²) in [5, 5.41) is 6.28. The highest BCUT2D eigenvalue weighted by molar-refractivity contribution is 6.04. The average Bonchev–Trinajstić information content (AvgIpc) is 2.54. The number of carbonyl (C=O) groups excluding carboxylic acids is 1. The highest BCUT2D eigenvalue weighted by Gasteiger charge is 2.08. The van der Waals surface area contributed by atoms with Crippen LogP contribution in [0.2, 0.25) is 0 Å². The normalized spacial score (nSPS) is 9.91. The van der Waals surface area contributed by atoms with Gasteiger partial charge in [-0.2, -0.15) is 0 Å². The monoisotopic (exact) mass is 318 g/mol. The van der Waals surface area contributed by atoms with Gasteiger partial charge in [0, 0.05) is 17.8 Å². The van der Waals surface area contributed by atoms with Gasteiger partial charge in [-0.1, -0.05) is 44.2 Å². The topological polar surface area (TPSA) is 41.1 Å². The third-order valence-electron chi connectivity index (χ3n) is 3.46. The van der Waals surface area contributed by atoms with Crippen LogP contribution in [0, 0.1) is 0 Å². The van der Waals surface area contributed by atoms with E-state index in [1.165, 1.54) is 5.56 Å². The number of hydrogen-bond donors (Lipinski definition) is 2. The molecular weight excluding hydrogens is 296 g/mol. The van der Waals surface area contributed by atoms with E-state index in [4.69, 9.17) is 0 Å². The van der Waals surface area contributed by atoms with Crippen LogP contribution in [0.25, 0.3) is 0 Å². The number of aryl methyl sites for hydroxylation is 1. The van der Waals surface area contributed by atoms with Gasteiger partial charge < -0.3 is 10.6 Å². The lowest BCUT2D eigenvalue weighted by Crippen LogP contribution is -2.17. The summed E-state index contributed by atoms with van der Waals surface area (Å²) >= 11 is 0. The average molecular weight is 319 g/mol. The zero-order valence-corrected chi connectivity index (χ0v) is 13.9. The second-order valence-corrected chi connectivity index (χ2v) is 4.94. The molecule has 0 saturated heterocycles. The van der Waals surface area contributed by atoms with Crippen molar-refractivity contribution in [1.29, 1.82) is 0 Å². The highest BCUT2D eigenvalue weighted by Crippen LogP contribution is 2.16. The van der Waals surface area contributed by atoms with Crippen LogP contribution in [-0.4, -0.2) is 12.5 Å². The Balaban J connectivity index is 0.00000242. The maximum atomic E-state index is 12.3. The van der Waals surface area contributed by atoms with Crippen molar-refractivity contribution in [3.63, 3.8) is 0 Å². The summed E-state index contributed by atoms with van der Waals surface area (Å²) in [5.41, 5.74) is 3.88. The number of para-hydroxylation sites is 1. The summed E-state index contributed by atoms with van der Waals surface area (Å²) in [7, 11) is 0. The van der Waals surface area contributed by atoms with Crippen molar-refractivity contribution in [2.24, 2.45) is 0 Å². The lowest BCUT2D eigenvalue weighted by Gasteiger charge is -2.11. The molecule has 0 fully saturated rings. The minimum absolute atomic E-state index is 0. The maximum absolute atomic E-state index is 12.3. The minimum atomic E-state index is -0.0680. The molecule has 1 amide bonds.